The summed E-state index contributed by atoms with van der Waals surface area (Å²) in [6.07, 6.45) is 0.810. The Labute approximate surface area is 98.8 Å². The topological polar surface area (TPSA) is 46.5 Å². The highest BCUT2D eigenvalue weighted by Crippen LogP contribution is 2.41. The van der Waals surface area contributed by atoms with Gasteiger partial charge in [-0.05, 0) is 30.2 Å². The van der Waals surface area contributed by atoms with Gasteiger partial charge in [-0.2, -0.15) is 0 Å². The first kappa shape index (κ1) is 11.3. The van der Waals surface area contributed by atoms with Crippen LogP contribution in [0.1, 0.15) is 12.5 Å². The first-order valence-corrected chi connectivity index (χ1v) is 6.06. The number of carboxylic acid groups (broad SMARTS) is 1. The van der Waals surface area contributed by atoms with Crippen LogP contribution < -0.4 is 4.74 Å². The fourth-order valence-electron chi connectivity index (χ4n) is 1.82. The van der Waals surface area contributed by atoms with Crippen LogP contribution in [0.3, 0.4) is 0 Å². The van der Waals surface area contributed by atoms with Gasteiger partial charge in [0.25, 0.3) is 0 Å². The molecule has 4 heteroatoms. The van der Waals surface area contributed by atoms with Crippen molar-refractivity contribution in [1.29, 1.82) is 0 Å². The number of hydrogen-bond acceptors (Lipinski definition) is 3. The maximum atomic E-state index is 10.9. The first-order valence-electron chi connectivity index (χ1n) is 5.18. The largest absolute Gasteiger partial charge is 0.497 e. The molecule has 1 aliphatic rings. The van der Waals surface area contributed by atoms with Crippen molar-refractivity contribution < 1.29 is 14.6 Å². The van der Waals surface area contributed by atoms with Crippen molar-refractivity contribution in [3.63, 3.8) is 0 Å². The highest BCUT2D eigenvalue weighted by Gasteiger charge is 2.30. The van der Waals surface area contributed by atoms with Crippen LogP contribution in [0.15, 0.2) is 23.1 Å². The number of hydrogen-bond donors (Lipinski definition) is 1. The van der Waals surface area contributed by atoms with Crippen molar-refractivity contribution in [3.05, 3.63) is 23.8 Å². The van der Waals surface area contributed by atoms with E-state index in [4.69, 9.17) is 9.84 Å². The maximum absolute atomic E-state index is 10.9. The van der Waals surface area contributed by atoms with E-state index in [1.807, 2.05) is 18.2 Å². The minimum atomic E-state index is -0.725. The number of fused-ring (bicyclic) bond motifs is 1. The average molecular weight is 238 g/mol. The summed E-state index contributed by atoms with van der Waals surface area (Å²) in [6.45, 7) is 1.77. The third kappa shape index (κ3) is 2.02. The summed E-state index contributed by atoms with van der Waals surface area (Å²) in [5.41, 5.74) is 1.20. The van der Waals surface area contributed by atoms with Gasteiger partial charge in [0.1, 0.15) is 5.75 Å². The van der Waals surface area contributed by atoms with E-state index >= 15 is 0 Å². The van der Waals surface area contributed by atoms with Gasteiger partial charge >= 0.3 is 5.97 Å². The molecule has 0 amide bonds. The second kappa shape index (κ2) is 4.37. The lowest BCUT2D eigenvalue weighted by molar-refractivity contribution is -0.141. The van der Waals surface area contributed by atoms with E-state index in [1.54, 1.807) is 25.8 Å². The number of thioether (sulfide) groups is 1. The van der Waals surface area contributed by atoms with E-state index in [-0.39, 0.29) is 11.2 Å². The monoisotopic (exact) mass is 238 g/mol. The Bertz CT molecular complexity index is 417. The Balaban J connectivity index is 2.17. The number of aliphatic carboxylic acids is 1. The smallest absolute Gasteiger partial charge is 0.307 e. The van der Waals surface area contributed by atoms with E-state index in [0.717, 1.165) is 12.2 Å². The van der Waals surface area contributed by atoms with Crippen LogP contribution >= 0.6 is 11.8 Å². The van der Waals surface area contributed by atoms with Gasteiger partial charge in [0.05, 0.1) is 13.0 Å². The molecule has 0 aromatic heterocycles. The lowest BCUT2D eigenvalue weighted by atomic mass is 10.0. The molecule has 1 N–H and O–H groups in total. The van der Waals surface area contributed by atoms with Crippen molar-refractivity contribution in [2.75, 3.05) is 7.11 Å². The zero-order valence-corrected chi connectivity index (χ0v) is 10.1. The maximum Gasteiger partial charge on any atom is 0.307 e. The van der Waals surface area contributed by atoms with Crippen LogP contribution in [0, 0.1) is 5.92 Å². The molecule has 1 aliphatic heterocycles. The van der Waals surface area contributed by atoms with Gasteiger partial charge in [-0.1, -0.05) is 6.92 Å². The predicted octanol–water partition coefficient (Wildman–Crippen LogP) is 2.43. The summed E-state index contributed by atoms with van der Waals surface area (Å²) in [5.74, 6) is -0.205. The van der Waals surface area contributed by atoms with Crippen molar-refractivity contribution >= 4 is 17.7 Å². The van der Waals surface area contributed by atoms with Gasteiger partial charge in [0, 0.05) is 10.1 Å². The molecule has 2 rings (SSSR count). The zero-order chi connectivity index (χ0) is 11.7. The van der Waals surface area contributed by atoms with Crippen LogP contribution in [0.5, 0.6) is 5.75 Å². The quantitative estimate of drug-likeness (QED) is 0.878. The molecule has 0 saturated heterocycles. The Hall–Kier alpha value is -1.16. The van der Waals surface area contributed by atoms with Crippen LogP contribution in [-0.2, 0) is 11.2 Å². The molecule has 86 valence electrons. The van der Waals surface area contributed by atoms with Crippen LogP contribution in [0.4, 0.5) is 0 Å². The second-order valence-electron chi connectivity index (χ2n) is 3.96. The van der Waals surface area contributed by atoms with Crippen molar-refractivity contribution in [3.8, 4) is 5.75 Å². The third-order valence-corrected chi connectivity index (χ3v) is 4.44. The fraction of sp³-hybridized carbons (Fsp3) is 0.417. The predicted molar refractivity (Wildman–Crippen MR) is 63.1 cm³/mol. The number of rotatable bonds is 3. The van der Waals surface area contributed by atoms with Crippen LogP contribution in [-0.4, -0.2) is 23.4 Å². The number of ether oxygens (including phenoxy) is 1. The lowest BCUT2D eigenvalue weighted by Gasteiger charge is -2.12. The summed E-state index contributed by atoms with van der Waals surface area (Å²) >= 11 is 1.66. The molecule has 0 aliphatic carbocycles. The summed E-state index contributed by atoms with van der Waals surface area (Å²) in [4.78, 5) is 12.1. The molecule has 0 fully saturated rings. The summed E-state index contributed by atoms with van der Waals surface area (Å²) in [5, 5.41) is 9.12. The van der Waals surface area contributed by atoms with E-state index in [0.29, 0.717) is 0 Å². The molecule has 16 heavy (non-hydrogen) atoms. The molecular formula is C12H14O3S. The van der Waals surface area contributed by atoms with E-state index in [1.165, 1.54) is 10.5 Å². The van der Waals surface area contributed by atoms with Gasteiger partial charge in [0.2, 0.25) is 0 Å². The van der Waals surface area contributed by atoms with Crippen molar-refractivity contribution in [2.45, 2.75) is 23.5 Å². The minimum absolute atomic E-state index is 0.139. The van der Waals surface area contributed by atoms with E-state index in [9.17, 15) is 4.79 Å². The molecule has 3 nitrogen and oxygen atoms in total. The standard InChI is InChI=1S/C12H14O3S/c1-7(12(13)14)11-6-8-5-9(15-2)3-4-10(8)16-11/h3-5,7,11H,6H2,1-2H3,(H,13,14). The Kier molecular flexibility index (Phi) is 3.10. The van der Waals surface area contributed by atoms with Gasteiger partial charge in [-0.3, -0.25) is 4.79 Å². The van der Waals surface area contributed by atoms with Gasteiger partial charge in [-0.15, -0.1) is 11.8 Å². The third-order valence-electron chi connectivity index (χ3n) is 2.91. The van der Waals surface area contributed by atoms with Gasteiger partial charge in [-0.25, -0.2) is 0 Å². The highest BCUT2D eigenvalue weighted by molar-refractivity contribution is 8.00. The number of carboxylic acids is 1. The first-order chi connectivity index (χ1) is 7.61. The number of benzene rings is 1. The normalized spacial score (nSPS) is 20.2. The Morgan fingerprint density at radius 1 is 1.62 bits per heavy atom. The van der Waals surface area contributed by atoms with E-state index < -0.39 is 5.97 Å². The average Bonchev–Trinajstić information content (AvgIpc) is 2.69. The SMILES string of the molecule is COc1ccc2c(c1)CC(C(C)C(=O)O)S2. The second-order valence-corrected chi connectivity index (χ2v) is 5.24. The molecule has 2 unspecified atom stereocenters. The molecule has 1 heterocycles. The Morgan fingerprint density at radius 3 is 3.00 bits per heavy atom. The molecule has 0 radical (unpaired) electrons. The van der Waals surface area contributed by atoms with E-state index in [2.05, 4.69) is 0 Å². The lowest BCUT2D eigenvalue weighted by Crippen LogP contribution is -2.22. The molecule has 1 aromatic rings. The number of carbonyl (C=O) groups is 1. The fourth-order valence-corrected chi connectivity index (χ4v) is 3.17. The molecule has 0 bridgehead atoms. The minimum Gasteiger partial charge on any atom is -0.497 e. The van der Waals surface area contributed by atoms with Gasteiger partial charge < -0.3 is 9.84 Å². The number of methoxy groups -OCH3 is 1. The Morgan fingerprint density at radius 2 is 2.38 bits per heavy atom. The summed E-state index contributed by atoms with van der Waals surface area (Å²) < 4.78 is 5.16. The van der Waals surface area contributed by atoms with Crippen LogP contribution in [0.25, 0.3) is 0 Å². The zero-order valence-electron chi connectivity index (χ0n) is 9.27. The van der Waals surface area contributed by atoms with Crippen LogP contribution in [0.2, 0.25) is 0 Å². The highest BCUT2D eigenvalue weighted by atomic mass is 32.2. The van der Waals surface area contributed by atoms with Gasteiger partial charge in [0.15, 0.2) is 0 Å². The molecular weight excluding hydrogens is 224 g/mol. The molecule has 2 atom stereocenters. The summed E-state index contributed by atoms with van der Waals surface area (Å²) in [7, 11) is 1.64. The molecule has 1 aromatic carbocycles. The molecule has 0 spiro atoms. The molecule has 0 saturated carbocycles. The van der Waals surface area contributed by atoms with Crippen molar-refractivity contribution in [2.24, 2.45) is 5.92 Å². The van der Waals surface area contributed by atoms with Crippen molar-refractivity contribution in [1.82, 2.24) is 0 Å². The summed E-state index contributed by atoms with van der Waals surface area (Å²) in [6, 6.07) is 5.92.